The van der Waals surface area contributed by atoms with E-state index in [1.807, 2.05) is 42.2 Å². The Balaban J connectivity index is 1.79. The second kappa shape index (κ2) is 7.29. The van der Waals surface area contributed by atoms with E-state index in [0.717, 1.165) is 44.5 Å². The van der Waals surface area contributed by atoms with Crippen molar-refractivity contribution in [2.45, 2.75) is 44.8 Å². The van der Waals surface area contributed by atoms with E-state index >= 15 is 0 Å². The minimum atomic E-state index is -0.341. The highest BCUT2D eigenvalue weighted by molar-refractivity contribution is 5.81. The van der Waals surface area contributed by atoms with E-state index in [0.29, 0.717) is 0 Å². The maximum atomic E-state index is 12.1. The smallest absolute Gasteiger partial charge is 0.239 e. The fourth-order valence-corrected chi connectivity index (χ4v) is 2.55. The molecule has 1 aliphatic rings. The van der Waals surface area contributed by atoms with Crippen LogP contribution in [-0.2, 0) is 4.79 Å². The number of nitrogens with two attached hydrogens (primary N) is 1. The van der Waals surface area contributed by atoms with Crippen LogP contribution in [0.15, 0.2) is 30.3 Å². The molecule has 1 amide bonds. The molecule has 1 atom stereocenters. The van der Waals surface area contributed by atoms with Gasteiger partial charge in [0.15, 0.2) is 0 Å². The van der Waals surface area contributed by atoms with E-state index in [2.05, 4.69) is 0 Å². The van der Waals surface area contributed by atoms with E-state index in [-0.39, 0.29) is 18.1 Å². The van der Waals surface area contributed by atoms with Gasteiger partial charge in [-0.25, -0.2) is 0 Å². The molecule has 1 aromatic rings. The van der Waals surface area contributed by atoms with Gasteiger partial charge in [-0.1, -0.05) is 31.5 Å². The van der Waals surface area contributed by atoms with Crippen LogP contribution in [0.1, 0.15) is 32.6 Å². The lowest BCUT2D eigenvalue weighted by Crippen LogP contribution is -2.48. The van der Waals surface area contributed by atoms with Gasteiger partial charge in [-0.05, 0) is 18.6 Å². The average Bonchev–Trinajstić information content (AvgIpc) is 2.48. The Kier molecular flexibility index (Phi) is 5.41. The van der Waals surface area contributed by atoms with Crippen LogP contribution in [0.5, 0.6) is 5.75 Å². The zero-order valence-electron chi connectivity index (χ0n) is 12.1. The molecule has 0 aromatic heterocycles. The third-order valence-electron chi connectivity index (χ3n) is 3.72. The molecule has 0 saturated carbocycles. The van der Waals surface area contributed by atoms with Gasteiger partial charge in [0.25, 0.3) is 0 Å². The Labute approximate surface area is 120 Å². The lowest BCUT2D eigenvalue weighted by molar-refractivity contribution is -0.134. The Bertz CT molecular complexity index is 414. The van der Waals surface area contributed by atoms with E-state index in [1.165, 1.54) is 0 Å². The summed E-state index contributed by atoms with van der Waals surface area (Å²) in [6.45, 7) is 3.54. The maximum absolute atomic E-state index is 12.1. The molecular formula is C16H24N2O2. The molecule has 4 nitrogen and oxygen atoms in total. The number of carbonyl (C=O) groups is 1. The Morgan fingerprint density at radius 2 is 2.00 bits per heavy atom. The molecule has 0 aliphatic carbocycles. The van der Waals surface area contributed by atoms with Crippen molar-refractivity contribution in [3.8, 4) is 5.75 Å². The van der Waals surface area contributed by atoms with Gasteiger partial charge in [-0.2, -0.15) is 0 Å². The number of carbonyl (C=O) groups excluding carboxylic acids is 1. The van der Waals surface area contributed by atoms with Gasteiger partial charge < -0.3 is 15.4 Å². The van der Waals surface area contributed by atoms with Gasteiger partial charge >= 0.3 is 0 Å². The molecular weight excluding hydrogens is 252 g/mol. The number of hydrogen-bond donors (Lipinski definition) is 1. The fourth-order valence-electron chi connectivity index (χ4n) is 2.55. The van der Waals surface area contributed by atoms with Crippen LogP contribution in [0.2, 0.25) is 0 Å². The van der Waals surface area contributed by atoms with Gasteiger partial charge in [0.2, 0.25) is 5.91 Å². The van der Waals surface area contributed by atoms with Gasteiger partial charge in [-0.15, -0.1) is 0 Å². The predicted octanol–water partition coefficient (Wildman–Crippen LogP) is 2.18. The summed E-state index contributed by atoms with van der Waals surface area (Å²) in [6, 6.07) is 9.51. The lowest BCUT2D eigenvalue weighted by atomic mass is 10.1. The maximum Gasteiger partial charge on any atom is 0.239 e. The summed E-state index contributed by atoms with van der Waals surface area (Å²) in [7, 11) is 0. The molecule has 2 rings (SSSR count). The Morgan fingerprint density at radius 1 is 1.35 bits per heavy atom. The van der Waals surface area contributed by atoms with Crippen molar-refractivity contribution in [2.75, 3.05) is 13.1 Å². The highest BCUT2D eigenvalue weighted by Crippen LogP contribution is 2.19. The van der Waals surface area contributed by atoms with Crippen LogP contribution < -0.4 is 10.5 Å². The van der Waals surface area contributed by atoms with Crippen molar-refractivity contribution in [3.05, 3.63) is 30.3 Å². The molecule has 1 heterocycles. The molecule has 20 heavy (non-hydrogen) atoms. The van der Waals surface area contributed by atoms with Gasteiger partial charge in [0, 0.05) is 25.9 Å². The number of hydrogen-bond acceptors (Lipinski definition) is 3. The van der Waals surface area contributed by atoms with E-state index in [1.54, 1.807) is 0 Å². The Morgan fingerprint density at radius 3 is 2.60 bits per heavy atom. The number of rotatable bonds is 5. The molecule has 0 bridgehead atoms. The lowest BCUT2D eigenvalue weighted by Gasteiger charge is -2.33. The number of ether oxygens (including phenoxy) is 1. The number of para-hydroxylation sites is 1. The minimum absolute atomic E-state index is 0.0880. The summed E-state index contributed by atoms with van der Waals surface area (Å²) in [6.07, 6.45) is 3.66. The topological polar surface area (TPSA) is 55.6 Å². The van der Waals surface area contributed by atoms with Crippen LogP contribution >= 0.6 is 0 Å². The quantitative estimate of drug-likeness (QED) is 0.897. The van der Waals surface area contributed by atoms with E-state index < -0.39 is 0 Å². The van der Waals surface area contributed by atoms with Crippen molar-refractivity contribution >= 4 is 5.91 Å². The monoisotopic (exact) mass is 276 g/mol. The molecule has 1 aromatic carbocycles. The van der Waals surface area contributed by atoms with Gasteiger partial charge in [0.1, 0.15) is 11.9 Å². The van der Waals surface area contributed by atoms with E-state index in [9.17, 15) is 4.79 Å². The standard InChI is InChI=1S/C16H24N2O2/c1-2-6-15(17)16(19)18-11-9-14(10-12-18)20-13-7-4-3-5-8-13/h3-5,7-8,14-15H,2,6,9-12,17H2,1H3/t15-/m1/s1. The van der Waals surface area contributed by atoms with Crippen LogP contribution in [0.3, 0.4) is 0 Å². The van der Waals surface area contributed by atoms with Gasteiger partial charge in [-0.3, -0.25) is 4.79 Å². The minimum Gasteiger partial charge on any atom is -0.490 e. The number of benzene rings is 1. The van der Waals surface area contributed by atoms with Crippen LogP contribution in [0.4, 0.5) is 0 Å². The SMILES string of the molecule is CCC[C@@H](N)C(=O)N1CCC(Oc2ccccc2)CC1. The molecule has 0 spiro atoms. The van der Waals surface area contributed by atoms with Crippen molar-refractivity contribution < 1.29 is 9.53 Å². The van der Waals surface area contributed by atoms with Gasteiger partial charge in [0.05, 0.1) is 6.04 Å². The highest BCUT2D eigenvalue weighted by atomic mass is 16.5. The summed E-state index contributed by atoms with van der Waals surface area (Å²) in [5, 5.41) is 0. The van der Waals surface area contributed by atoms with E-state index in [4.69, 9.17) is 10.5 Å². The highest BCUT2D eigenvalue weighted by Gasteiger charge is 2.26. The molecule has 110 valence electrons. The number of nitrogens with zero attached hydrogens (tertiary/aromatic N) is 1. The summed E-state index contributed by atoms with van der Waals surface area (Å²) in [5.41, 5.74) is 5.89. The molecule has 4 heteroatoms. The third-order valence-corrected chi connectivity index (χ3v) is 3.72. The van der Waals surface area contributed by atoms with Crippen molar-refractivity contribution in [1.29, 1.82) is 0 Å². The number of piperidine rings is 1. The van der Waals surface area contributed by atoms with Crippen LogP contribution in [0, 0.1) is 0 Å². The summed E-state index contributed by atoms with van der Waals surface area (Å²) in [4.78, 5) is 14.0. The first-order valence-electron chi connectivity index (χ1n) is 7.46. The van der Waals surface area contributed by atoms with Crippen molar-refractivity contribution in [1.82, 2.24) is 4.90 Å². The van der Waals surface area contributed by atoms with Crippen molar-refractivity contribution in [2.24, 2.45) is 5.73 Å². The summed E-state index contributed by atoms with van der Waals surface area (Å²) >= 11 is 0. The van der Waals surface area contributed by atoms with Crippen molar-refractivity contribution in [3.63, 3.8) is 0 Å². The van der Waals surface area contributed by atoms with Crippen LogP contribution in [0.25, 0.3) is 0 Å². The third kappa shape index (κ3) is 3.97. The first-order valence-corrected chi connectivity index (χ1v) is 7.46. The predicted molar refractivity (Wildman–Crippen MR) is 79.6 cm³/mol. The molecule has 1 fully saturated rings. The fraction of sp³-hybridized carbons (Fsp3) is 0.562. The second-order valence-corrected chi connectivity index (χ2v) is 5.35. The summed E-state index contributed by atoms with van der Waals surface area (Å²) in [5.74, 6) is 0.991. The normalized spacial score (nSPS) is 17.8. The number of amides is 1. The Hall–Kier alpha value is -1.55. The average molecular weight is 276 g/mol. The molecule has 0 unspecified atom stereocenters. The molecule has 1 saturated heterocycles. The molecule has 1 aliphatic heterocycles. The molecule has 2 N–H and O–H groups in total. The first-order chi connectivity index (χ1) is 9.70. The zero-order chi connectivity index (χ0) is 14.4. The first kappa shape index (κ1) is 14.9. The molecule has 0 radical (unpaired) electrons. The van der Waals surface area contributed by atoms with Crippen LogP contribution in [-0.4, -0.2) is 36.0 Å². The number of likely N-dealkylation sites (tertiary alicyclic amines) is 1. The summed E-state index contributed by atoms with van der Waals surface area (Å²) < 4.78 is 5.92. The zero-order valence-corrected chi connectivity index (χ0v) is 12.1. The largest absolute Gasteiger partial charge is 0.490 e. The second-order valence-electron chi connectivity index (χ2n) is 5.35.